The minimum atomic E-state index is -0.798. The summed E-state index contributed by atoms with van der Waals surface area (Å²) < 4.78 is 5.11. The van der Waals surface area contributed by atoms with Crippen LogP contribution in [0.5, 0.6) is 11.5 Å². The number of barbiturate groups is 1. The first-order chi connectivity index (χ1) is 14.9. The summed E-state index contributed by atoms with van der Waals surface area (Å²) in [6.45, 7) is 5.57. The average Bonchev–Trinajstić information content (AvgIpc) is 2.76. The Bertz CT molecular complexity index is 1030. The number of anilines is 1. The standard InChI is InChI=1S/C23H25N3O5/c1-4-25(5-2)17-9-8-16(20(27)13-17)12-19-21(28)24-23(30)26(22(19)29)14-15-6-10-18(31-3)11-7-15/h6-13,27H,4-5,14H2,1-3H3,(H,24,28,30)/b19-12-. The van der Waals surface area contributed by atoms with Gasteiger partial charge in [0.2, 0.25) is 0 Å². The lowest BCUT2D eigenvalue weighted by Gasteiger charge is -2.26. The molecular weight excluding hydrogens is 398 g/mol. The molecule has 1 aliphatic rings. The van der Waals surface area contributed by atoms with Gasteiger partial charge in [-0.1, -0.05) is 12.1 Å². The van der Waals surface area contributed by atoms with E-state index in [0.29, 0.717) is 16.9 Å². The number of hydrogen-bond acceptors (Lipinski definition) is 6. The number of ether oxygens (including phenoxy) is 1. The Labute approximate surface area is 180 Å². The van der Waals surface area contributed by atoms with Gasteiger partial charge in [-0.05, 0) is 49.8 Å². The zero-order chi connectivity index (χ0) is 22.5. The van der Waals surface area contributed by atoms with Gasteiger partial charge in [-0.25, -0.2) is 4.79 Å². The highest BCUT2D eigenvalue weighted by Crippen LogP contribution is 2.28. The van der Waals surface area contributed by atoms with Crippen LogP contribution >= 0.6 is 0 Å². The Morgan fingerprint density at radius 3 is 2.32 bits per heavy atom. The Morgan fingerprint density at radius 2 is 1.74 bits per heavy atom. The molecule has 0 radical (unpaired) electrons. The third-order valence-corrected chi connectivity index (χ3v) is 5.13. The summed E-state index contributed by atoms with van der Waals surface area (Å²) in [5, 5.41) is 12.6. The molecule has 162 valence electrons. The first-order valence-corrected chi connectivity index (χ1v) is 9.97. The Balaban J connectivity index is 1.87. The van der Waals surface area contributed by atoms with E-state index in [-0.39, 0.29) is 17.9 Å². The molecule has 1 saturated heterocycles. The van der Waals surface area contributed by atoms with E-state index in [9.17, 15) is 19.5 Å². The molecule has 2 aromatic rings. The van der Waals surface area contributed by atoms with Gasteiger partial charge in [0.25, 0.3) is 11.8 Å². The van der Waals surface area contributed by atoms with Gasteiger partial charge in [0, 0.05) is 30.4 Å². The maximum Gasteiger partial charge on any atom is 0.331 e. The zero-order valence-corrected chi connectivity index (χ0v) is 17.7. The van der Waals surface area contributed by atoms with E-state index in [1.807, 2.05) is 19.9 Å². The number of nitrogens with zero attached hydrogens (tertiary/aromatic N) is 2. The highest BCUT2D eigenvalue weighted by atomic mass is 16.5. The largest absolute Gasteiger partial charge is 0.507 e. The van der Waals surface area contributed by atoms with Gasteiger partial charge >= 0.3 is 6.03 Å². The van der Waals surface area contributed by atoms with Crippen molar-refractivity contribution in [3.8, 4) is 11.5 Å². The Kier molecular flexibility index (Phi) is 6.59. The number of phenolic OH excluding ortho intramolecular Hbond substituents is 1. The molecule has 8 nitrogen and oxygen atoms in total. The Hall–Kier alpha value is -3.81. The molecule has 1 fully saturated rings. The highest BCUT2D eigenvalue weighted by molar-refractivity contribution is 6.31. The van der Waals surface area contributed by atoms with Gasteiger partial charge in [0.1, 0.15) is 17.1 Å². The van der Waals surface area contributed by atoms with Crippen molar-refractivity contribution in [3.05, 3.63) is 59.2 Å². The van der Waals surface area contributed by atoms with Crippen LogP contribution in [0.3, 0.4) is 0 Å². The number of nitrogens with one attached hydrogen (secondary N) is 1. The molecule has 0 atom stereocenters. The molecule has 0 unspecified atom stereocenters. The van der Waals surface area contributed by atoms with E-state index in [4.69, 9.17) is 4.74 Å². The lowest BCUT2D eigenvalue weighted by atomic mass is 10.1. The lowest BCUT2D eigenvalue weighted by molar-refractivity contribution is -0.130. The smallest absolute Gasteiger partial charge is 0.331 e. The van der Waals surface area contributed by atoms with Crippen molar-refractivity contribution in [2.45, 2.75) is 20.4 Å². The topological polar surface area (TPSA) is 99.2 Å². The van der Waals surface area contributed by atoms with Gasteiger partial charge in [-0.15, -0.1) is 0 Å². The van der Waals surface area contributed by atoms with Crippen LogP contribution in [0.2, 0.25) is 0 Å². The van der Waals surface area contributed by atoms with E-state index in [1.54, 1.807) is 43.5 Å². The number of amides is 4. The number of imide groups is 2. The molecule has 0 aliphatic carbocycles. The van der Waals surface area contributed by atoms with Crippen LogP contribution in [0.15, 0.2) is 48.0 Å². The second-order valence-corrected chi connectivity index (χ2v) is 6.97. The van der Waals surface area contributed by atoms with Crippen LogP contribution in [0.1, 0.15) is 25.0 Å². The quantitative estimate of drug-likeness (QED) is 0.525. The van der Waals surface area contributed by atoms with Crippen LogP contribution in [-0.4, -0.2) is 48.1 Å². The van der Waals surface area contributed by atoms with Crippen LogP contribution in [-0.2, 0) is 16.1 Å². The number of carbonyl (C=O) groups excluding carboxylic acids is 3. The number of rotatable bonds is 7. The molecule has 3 rings (SSSR count). The second kappa shape index (κ2) is 9.34. The molecule has 2 N–H and O–H groups in total. The Morgan fingerprint density at radius 1 is 1.06 bits per heavy atom. The highest BCUT2D eigenvalue weighted by Gasteiger charge is 2.35. The fraction of sp³-hybridized carbons (Fsp3) is 0.261. The maximum absolute atomic E-state index is 12.9. The van der Waals surface area contributed by atoms with E-state index in [2.05, 4.69) is 10.2 Å². The van der Waals surface area contributed by atoms with E-state index < -0.39 is 17.8 Å². The fourth-order valence-electron chi connectivity index (χ4n) is 3.35. The monoisotopic (exact) mass is 423 g/mol. The number of carbonyl (C=O) groups is 3. The number of hydrogen-bond donors (Lipinski definition) is 2. The zero-order valence-electron chi connectivity index (χ0n) is 17.7. The maximum atomic E-state index is 12.9. The molecule has 0 spiro atoms. The summed E-state index contributed by atoms with van der Waals surface area (Å²) in [6.07, 6.45) is 1.30. The molecular formula is C23H25N3O5. The van der Waals surface area contributed by atoms with Crippen molar-refractivity contribution >= 4 is 29.6 Å². The summed E-state index contributed by atoms with van der Waals surface area (Å²) >= 11 is 0. The van der Waals surface area contributed by atoms with Crippen molar-refractivity contribution < 1.29 is 24.2 Å². The molecule has 1 heterocycles. The predicted octanol–water partition coefficient (Wildman–Crippen LogP) is 2.91. The number of methoxy groups -OCH3 is 1. The van der Waals surface area contributed by atoms with Crippen molar-refractivity contribution in [2.75, 3.05) is 25.1 Å². The van der Waals surface area contributed by atoms with E-state index in [0.717, 1.165) is 23.7 Å². The van der Waals surface area contributed by atoms with Gasteiger partial charge < -0.3 is 14.7 Å². The van der Waals surface area contributed by atoms with Crippen LogP contribution in [0, 0.1) is 0 Å². The SMILES string of the molecule is CCN(CC)c1ccc(/C=C2/C(=O)NC(=O)N(Cc3ccc(OC)cc3)C2=O)c(O)c1. The summed E-state index contributed by atoms with van der Waals surface area (Å²) in [5.74, 6) is -0.932. The van der Waals surface area contributed by atoms with E-state index >= 15 is 0 Å². The molecule has 8 heteroatoms. The minimum Gasteiger partial charge on any atom is -0.507 e. The molecule has 0 bridgehead atoms. The molecule has 2 aromatic carbocycles. The van der Waals surface area contributed by atoms with Crippen LogP contribution in [0.4, 0.5) is 10.5 Å². The summed E-state index contributed by atoms with van der Waals surface area (Å²) in [7, 11) is 1.54. The second-order valence-electron chi connectivity index (χ2n) is 6.97. The normalized spacial score (nSPS) is 15.3. The van der Waals surface area contributed by atoms with Crippen molar-refractivity contribution in [1.82, 2.24) is 10.2 Å². The lowest BCUT2D eigenvalue weighted by Crippen LogP contribution is -2.53. The predicted molar refractivity (Wildman–Crippen MR) is 117 cm³/mol. The minimum absolute atomic E-state index is 0.00778. The molecule has 1 aliphatic heterocycles. The van der Waals surface area contributed by atoms with Gasteiger partial charge in [0.15, 0.2) is 0 Å². The average molecular weight is 423 g/mol. The summed E-state index contributed by atoms with van der Waals surface area (Å²) in [4.78, 5) is 40.5. The van der Waals surface area contributed by atoms with Crippen molar-refractivity contribution in [2.24, 2.45) is 0 Å². The van der Waals surface area contributed by atoms with Crippen LogP contribution in [0.25, 0.3) is 6.08 Å². The number of benzene rings is 2. The first kappa shape index (κ1) is 21.9. The number of aromatic hydroxyl groups is 1. The molecule has 0 aromatic heterocycles. The van der Waals surface area contributed by atoms with E-state index in [1.165, 1.54) is 6.08 Å². The van der Waals surface area contributed by atoms with Crippen molar-refractivity contribution in [3.63, 3.8) is 0 Å². The number of phenols is 1. The third-order valence-electron chi connectivity index (χ3n) is 5.13. The molecule has 0 saturated carbocycles. The van der Waals surface area contributed by atoms with Gasteiger partial charge in [-0.3, -0.25) is 19.8 Å². The third kappa shape index (κ3) is 4.69. The van der Waals surface area contributed by atoms with Crippen LogP contribution < -0.4 is 15.0 Å². The fourth-order valence-corrected chi connectivity index (χ4v) is 3.35. The first-order valence-electron chi connectivity index (χ1n) is 9.97. The van der Waals surface area contributed by atoms with Gasteiger partial charge in [-0.2, -0.15) is 0 Å². The molecule has 31 heavy (non-hydrogen) atoms. The molecule has 4 amide bonds. The summed E-state index contributed by atoms with van der Waals surface area (Å²) in [5.41, 5.74) is 1.62. The van der Waals surface area contributed by atoms with Gasteiger partial charge in [0.05, 0.1) is 13.7 Å². The number of urea groups is 1. The summed E-state index contributed by atoms with van der Waals surface area (Å²) in [6, 6.07) is 11.2. The van der Waals surface area contributed by atoms with Crippen molar-refractivity contribution in [1.29, 1.82) is 0 Å².